The number of ether oxygens (including phenoxy) is 2. The lowest BCUT2D eigenvalue weighted by molar-refractivity contribution is 0.0922. The van der Waals surface area contributed by atoms with Crippen LogP contribution in [0.5, 0.6) is 11.5 Å². The van der Waals surface area contributed by atoms with Crippen LogP contribution in [-0.2, 0) is 0 Å². The van der Waals surface area contributed by atoms with Crippen LogP contribution in [0.1, 0.15) is 36.0 Å². The van der Waals surface area contributed by atoms with E-state index in [0.717, 1.165) is 48.9 Å². The van der Waals surface area contributed by atoms with Crippen LogP contribution in [0, 0.1) is 5.92 Å². The summed E-state index contributed by atoms with van der Waals surface area (Å²) in [5.41, 5.74) is 1.48. The van der Waals surface area contributed by atoms with Gasteiger partial charge < -0.3 is 25.0 Å². The number of nitrogens with zero attached hydrogens (tertiary/aromatic N) is 3. The molecule has 180 valence electrons. The number of fused-ring (bicyclic) bond motifs is 1. The van der Waals surface area contributed by atoms with Gasteiger partial charge in [-0.1, -0.05) is 12.1 Å². The highest BCUT2D eigenvalue weighted by Gasteiger charge is 2.23. The Morgan fingerprint density at radius 2 is 1.68 bits per heavy atom. The predicted octanol–water partition coefficient (Wildman–Crippen LogP) is 4.11. The minimum absolute atomic E-state index is 0.0976. The molecular weight excluding hydrogens is 430 g/mol. The molecular formula is C26H33N5O3. The van der Waals surface area contributed by atoms with Gasteiger partial charge in [-0.05, 0) is 55.9 Å². The smallest absolute Gasteiger partial charge is 0.251 e. The molecule has 8 nitrogen and oxygen atoms in total. The van der Waals surface area contributed by atoms with Gasteiger partial charge in [0.15, 0.2) is 0 Å². The Kier molecular flexibility index (Phi) is 7.35. The van der Waals surface area contributed by atoms with E-state index in [1.165, 1.54) is 0 Å². The standard InChI is InChI=1S/C26H33N5O3/c1-31(2)24-22-7-5-6-8-23(22)29-26(30-24)27-16-17-9-11-19(12-10-17)28-25(32)18-13-20(33-3)15-21(14-18)34-4/h5-8,13-15,17,19H,9-12,16H2,1-4H3,(H,28,32)(H,27,29,30). The normalized spacial score (nSPS) is 17.8. The first-order chi connectivity index (χ1) is 16.5. The molecule has 2 N–H and O–H groups in total. The van der Waals surface area contributed by atoms with E-state index in [9.17, 15) is 4.79 Å². The third-order valence-electron chi connectivity index (χ3n) is 6.35. The van der Waals surface area contributed by atoms with Crippen molar-refractivity contribution >= 4 is 28.6 Å². The maximum Gasteiger partial charge on any atom is 0.251 e. The Hall–Kier alpha value is -3.55. The summed E-state index contributed by atoms with van der Waals surface area (Å²) < 4.78 is 10.6. The van der Waals surface area contributed by atoms with E-state index in [4.69, 9.17) is 19.4 Å². The van der Waals surface area contributed by atoms with Crippen LogP contribution in [0.4, 0.5) is 11.8 Å². The number of hydrogen-bond donors (Lipinski definition) is 2. The van der Waals surface area contributed by atoms with Gasteiger partial charge in [-0.25, -0.2) is 4.98 Å². The summed E-state index contributed by atoms with van der Waals surface area (Å²) in [6, 6.07) is 13.5. The molecule has 4 rings (SSSR count). The Balaban J connectivity index is 1.31. The lowest BCUT2D eigenvalue weighted by Gasteiger charge is -2.29. The number of anilines is 2. The molecule has 8 heteroatoms. The number of aromatic nitrogens is 2. The third-order valence-corrected chi connectivity index (χ3v) is 6.35. The number of methoxy groups -OCH3 is 2. The Morgan fingerprint density at radius 3 is 2.32 bits per heavy atom. The minimum atomic E-state index is -0.0976. The molecule has 3 aromatic rings. The number of hydrogen-bond acceptors (Lipinski definition) is 7. The molecule has 0 radical (unpaired) electrons. The highest BCUT2D eigenvalue weighted by molar-refractivity contribution is 5.95. The zero-order valence-corrected chi connectivity index (χ0v) is 20.3. The van der Waals surface area contributed by atoms with Gasteiger partial charge in [0.05, 0.1) is 19.7 Å². The second-order valence-electron chi connectivity index (χ2n) is 8.96. The Labute approximate surface area is 200 Å². The van der Waals surface area contributed by atoms with Gasteiger partial charge in [-0.2, -0.15) is 4.98 Å². The first-order valence-electron chi connectivity index (χ1n) is 11.7. The fourth-order valence-electron chi connectivity index (χ4n) is 4.43. The van der Waals surface area contributed by atoms with Crippen LogP contribution in [0.25, 0.3) is 10.9 Å². The van der Waals surface area contributed by atoms with Gasteiger partial charge in [-0.3, -0.25) is 4.79 Å². The summed E-state index contributed by atoms with van der Waals surface area (Å²) in [6.45, 7) is 0.818. The van der Waals surface area contributed by atoms with Crippen LogP contribution >= 0.6 is 0 Å². The van der Waals surface area contributed by atoms with Crippen LogP contribution in [-0.4, -0.2) is 56.8 Å². The quantitative estimate of drug-likeness (QED) is 0.520. The molecule has 1 aromatic heterocycles. The molecule has 1 amide bonds. The number of rotatable bonds is 8. The van der Waals surface area contributed by atoms with Crippen molar-refractivity contribution in [3.05, 3.63) is 48.0 Å². The van der Waals surface area contributed by atoms with E-state index in [1.54, 1.807) is 32.4 Å². The molecule has 1 fully saturated rings. The fraction of sp³-hybridized carbons (Fsp3) is 0.423. The summed E-state index contributed by atoms with van der Waals surface area (Å²) in [5.74, 6) is 3.20. The molecule has 34 heavy (non-hydrogen) atoms. The van der Waals surface area contributed by atoms with Crippen LogP contribution in [0.3, 0.4) is 0 Å². The first-order valence-corrected chi connectivity index (χ1v) is 11.7. The summed E-state index contributed by atoms with van der Waals surface area (Å²) in [5, 5.41) is 7.66. The maximum atomic E-state index is 12.8. The van der Waals surface area contributed by atoms with Gasteiger partial charge in [0.2, 0.25) is 5.95 Å². The van der Waals surface area contributed by atoms with E-state index < -0.39 is 0 Å². The van der Waals surface area contributed by atoms with Crippen molar-refractivity contribution in [3.8, 4) is 11.5 Å². The van der Waals surface area contributed by atoms with Crippen molar-refractivity contribution in [2.45, 2.75) is 31.7 Å². The van der Waals surface area contributed by atoms with Crippen LogP contribution in [0.15, 0.2) is 42.5 Å². The second-order valence-corrected chi connectivity index (χ2v) is 8.96. The molecule has 1 saturated carbocycles. The van der Waals surface area contributed by atoms with E-state index in [1.807, 2.05) is 43.3 Å². The van der Waals surface area contributed by atoms with Crippen LogP contribution in [0.2, 0.25) is 0 Å². The Morgan fingerprint density at radius 1 is 1.00 bits per heavy atom. The van der Waals surface area contributed by atoms with Gasteiger partial charge >= 0.3 is 0 Å². The molecule has 0 bridgehead atoms. The molecule has 0 aliphatic heterocycles. The topological polar surface area (TPSA) is 88.6 Å². The molecule has 0 unspecified atom stereocenters. The average molecular weight is 464 g/mol. The monoisotopic (exact) mass is 463 g/mol. The first kappa shape index (κ1) is 23.6. The van der Waals surface area contributed by atoms with Crippen molar-refractivity contribution in [1.29, 1.82) is 0 Å². The lowest BCUT2D eigenvalue weighted by Crippen LogP contribution is -2.38. The molecule has 0 spiro atoms. The molecule has 0 atom stereocenters. The number of carbonyl (C=O) groups excluding carboxylic acids is 1. The van der Waals surface area contributed by atoms with Crippen molar-refractivity contribution < 1.29 is 14.3 Å². The SMILES string of the molecule is COc1cc(OC)cc(C(=O)NC2CCC(CNc3nc(N(C)C)c4ccccc4n3)CC2)c1. The summed E-state index contributed by atoms with van der Waals surface area (Å²) >= 11 is 0. The molecule has 1 heterocycles. The number of para-hydroxylation sites is 1. The van der Waals surface area contributed by atoms with Crippen molar-refractivity contribution in [1.82, 2.24) is 15.3 Å². The third kappa shape index (κ3) is 5.50. The van der Waals surface area contributed by atoms with E-state index >= 15 is 0 Å². The predicted molar refractivity (Wildman–Crippen MR) is 135 cm³/mol. The zero-order chi connectivity index (χ0) is 24.1. The van der Waals surface area contributed by atoms with Gasteiger partial charge in [-0.15, -0.1) is 0 Å². The fourth-order valence-corrected chi connectivity index (χ4v) is 4.43. The molecule has 0 saturated heterocycles. The maximum absolute atomic E-state index is 12.8. The minimum Gasteiger partial charge on any atom is -0.497 e. The zero-order valence-electron chi connectivity index (χ0n) is 20.3. The Bertz CT molecular complexity index is 1120. The average Bonchev–Trinajstić information content (AvgIpc) is 2.87. The highest BCUT2D eigenvalue weighted by Crippen LogP contribution is 2.28. The van der Waals surface area contributed by atoms with Gasteiger partial charge in [0.1, 0.15) is 17.3 Å². The molecule has 2 aromatic carbocycles. The summed E-state index contributed by atoms with van der Waals surface area (Å²) in [7, 11) is 7.15. The van der Waals surface area contributed by atoms with Gasteiger partial charge in [0.25, 0.3) is 5.91 Å². The molecule has 1 aliphatic carbocycles. The highest BCUT2D eigenvalue weighted by atomic mass is 16.5. The lowest BCUT2D eigenvalue weighted by atomic mass is 9.86. The van der Waals surface area contributed by atoms with E-state index in [2.05, 4.69) is 10.6 Å². The number of nitrogens with one attached hydrogen (secondary N) is 2. The summed E-state index contributed by atoms with van der Waals surface area (Å²) in [6.07, 6.45) is 3.96. The van der Waals surface area contributed by atoms with Crippen molar-refractivity contribution in [2.24, 2.45) is 5.92 Å². The number of amides is 1. The molecule has 1 aliphatic rings. The van der Waals surface area contributed by atoms with Gasteiger partial charge in [0, 0.05) is 43.7 Å². The second kappa shape index (κ2) is 10.6. The number of benzene rings is 2. The van der Waals surface area contributed by atoms with E-state index in [0.29, 0.717) is 28.9 Å². The van der Waals surface area contributed by atoms with Crippen molar-refractivity contribution in [3.63, 3.8) is 0 Å². The van der Waals surface area contributed by atoms with E-state index in [-0.39, 0.29) is 11.9 Å². The number of carbonyl (C=O) groups is 1. The van der Waals surface area contributed by atoms with Crippen molar-refractivity contribution in [2.75, 3.05) is 45.1 Å². The largest absolute Gasteiger partial charge is 0.497 e. The van der Waals surface area contributed by atoms with Crippen LogP contribution < -0.4 is 25.0 Å². The summed E-state index contributed by atoms with van der Waals surface area (Å²) in [4.78, 5) is 24.2.